The monoisotopic (exact) mass is 394 g/mol. The van der Waals surface area contributed by atoms with Gasteiger partial charge in [-0.3, -0.25) is 0 Å². The standard InChI is InChI=1S/C22H34O6/c1-6-7-10-25-11-12-26-13-14-27-16-18-20-17(8-9-22(2,3)28-20)15-19(23-4)21(18)24-5/h8-9,15H,6-7,10-14,16H2,1-5H3. The molecule has 0 N–H and O–H groups in total. The van der Waals surface area contributed by atoms with E-state index in [1.54, 1.807) is 14.2 Å². The fraction of sp³-hybridized carbons (Fsp3) is 0.636. The van der Waals surface area contributed by atoms with Crippen LogP contribution in [0.2, 0.25) is 0 Å². The zero-order valence-electron chi connectivity index (χ0n) is 17.8. The number of unbranched alkanes of at least 4 members (excludes halogenated alkanes) is 1. The largest absolute Gasteiger partial charge is 0.493 e. The van der Waals surface area contributed by atoms with E-state index in [-0.39, 0.29) is 5.60 Å². The third-order valence-corrected chi connectivity index (χ3v) is 4.41. The number of hydrogen-bond acceptors (Lipinski definition) is 6. The van der Waals surface area contributed by atoms with Crippen molar-refractivity contribution >= 4 is 6.08 Å². The molecule has 1 aliphatic rings. The Morgan fingerprint density at radius 1 is 0.929 bits per heavy atom. The Kier molecular flexibility index (Phi) is 9.09. The van der Waals surface area contributed by atoms with E-state index in [1.165, 1.54) is 0 Å². The quantitative estimate of drug-likeness (QED) is 0.467. The summed E-state index contributed by atoms with van der Waals surface area (Å²) >= 11 is 0. The second-order valence-electron chi connectivity index (χ2n) is 7.18. The Morgan fingerprint density at radius 3 is 2.25 bits per heavy atom. The Balaban J connectivity index is 1.91. The van der Waals surface area contributed by atoms with E-state index in [9.17, 15) is 0 Å². The van der Waals surface area contributed by atoms with Crippen LogP contribution in [0.4, 0.5) is 0 Å². The van der Waals surface area contributed by atoms with Gasteiger partial charge >= 0.3 is 0 Å². The lowest BCUT2D eigenvalue weighted by atomic mass is 9.99. The van der Waals surface area contributed by atoms with Crippen molar-refractivity contribution in [3.05, 3.63) is 23.3 Å². The first kappa shape index (κ1) is 22.5. The highest BCUT2D eigenvalue weighted by atomic mass is 16.5. The van der Waals surface area contributed by atoms with Crippen LogP contribution in [0, 0.1) is 0 Å². The van der Waals surface area contributed by atoms with Crippen LogP contribution in [-0.2, 0) is 20.8 Å². The third-order valence-electron chi connectivity index (χ3n) is 4.41. The topological polar surface area (TPSA) is 55.4 Å². The van der Waals surface area contributed by atoms with Gasteiger partial charge in [0.2, 0.25) is 0 Å². The molecule has 0 aromatic heterocycles. The first-order chi connectivity index (χ1) is 13.5. The second-order valence-corrected chi connectivity index (χ2v) is 7.18. The van der Waals surface area contributed by atoms with Gasteiger partial charge in [0.15, 0.2) is 11.5 Å². The molecule has 0 unspecified atom stereocenters. The lowest BCUT2D eigenvalue weighted by molar-refractivity contribution is 0.00913. The van der Waals surface area contributed by atoms with Gasteiger partial charge in [0.05, 0.1) is 52.8 Å². The molecular formula is C22H34O6. The van der Waals surface area contributed by atoms with Crippen LogP contribution >= 0.6 is 0 Å². The lowest BCUT2D eigenvalue weighted by Gasteiger charge is -2.30. The molecule has 2 rings (SSSR count). The minimum atomic E-state index is -0.387. The zero-order valence-corrected chi connectivity index (χ0v) is 17.8. The minimum absolute atomic E-state index is 0.350. The molecule has 1 aromatic carbocycles. The zero-order chi connectivity index (χ0) is 20.4. The minimum Gasteiger partial charge on any atom is -0.493 e. The van der Waals surface area contributed by atoms with Crippen LogP contribution in [0.1, 0.15) is 44.7 Å². The van der Waals surface area contributed by atoms with Gasteiger partial charge in [0.25, 0.3) is 0 Å². The normalized spacial score (nSPS) is 14.5. The summed E-state index contributed by atoms with van der Waals surface area (Å²) in [6.07, 6.45) is 6.31. The van der Waals surface area contributed by atoms with Crippen molar-refractivity contribution in [2.24, 2.45) is 0 Å². The fourth-order valence-electron chi connectivity index (χ4n) is 2.90. The maximum absolute atomic E-state index is 6.18. The third kappa shape index (κ3) is 6.40. The van der Waals surface area contributed by atoms with E-state index < -0.39 is 0 Å². The molecule has 0 fully saturated rings. The molecule has 1 aromatic rings. The maximum atomic E-state index is 6.18. The predicted octanol–water partition coefficient (Wildman–Crippen LogP) is 4.24. The Bertz CT molecular complexity index is 638. The molecular weight excluding hydrogens is 360 g/mol. The summed E-state index contributed by atoms with van der Waals surface area (Å²) in [5.41, 5.74) is 1.41. The highest BCUT2D eigenvalue weighted by Crippen LogP contribution is 2.44. The Labute approximate surface area is 168 Å². The smallest absolute Gasteiger partial charge is 0.169 e. The molecule has 0 spiro atoms. The molecule has 0 saturated heterocycles. The van der Waals surface area contributed by atoms with Gasteiger partial charge in [-0.05, 0) is 32.4 Å². The summed E-state index contributed by atoms with van der Waals surface area (Å²) in [4.78, 5) is 0. The van der Waals surface area contributed by atoms with Gasteiger partial charge in [0, 0.05) is 12.2 Å². The van der Waals surface area contributed by atoms with Crippen LogP contribution in [0.3, 0.4) is 0 Å². The van der Waals surface area contributed by atoms with Crippen LogP contribution in [-0.4, -0.2) is 52.9 Å². The molecule has 0 aliphatic carbocycles. The summed E-state index contributed by atoms with van der Waals surface area (Å²) in [5, 5.41) is 0. The van der Waals surface area contributed by atoms with E-state index in [0.717, 1.165) is 36.3 Å². The second kappa shape index (κ2) is 11.3. The van der Waals surface area contributed by atoms with Crippen molar-refractivity contribution < 1.29 is 28.4 Å². The molecule has 1 aliphatic heterocycles. The Hall–Kier alpha value is -1.76. The fourth-order valence-corrected chi connectivity index (χ4v) is 2.90. The maximum Gasteiger partial charge on any atom is 0.169 e. The number of fused-ring (bicyclic) bond motifs is 1. The molecule has 0 bridgehead atoms. The van der Waals surface area contributed by atoms with Gasteiger partial charge in [-0.1, -0.05) is 19.4 Å². The van der Waals surface area contributed by atoms with Crippen LogP contribution in [0.15, 0.2) is 12.1 Å². The van der Waals surface area contributed by atoms with Crippen LogP contribution < -0.4 is 14.2 Å². The highest BCUT2D eigenvalue weighted by Gasteiger charge is 2.28. The highest BCUT2D eigenvalue weighted by molar-refractivity contribution is 5.69. The number of rotatable bonds is 13. The van der Waals surface area contributed by atoms with E-state index in [2.05, 4.69) is 6.92 Å². The van der Waals surface area contributed by atoms with E-state index >= 15 is 0 Å². The number of ether oxygens (including phenoxy) is 6. The number of hydrogen-bond donors (Lipinski definition) is 0. The molecule has 0 atom stereocenters. The SMILES string of the molecule is CCCCOCCOCCOCc1c2c(cc(OC)c1OC)C=CC(C)(C)O2. The number of methoxy groups -OCH3 is 2. The van der Waals surface area contributed by atoms with Crippen molar-refractivity contribution in [1.82, 2.24) is 0 Å². The summed E-state index contributed by atoms with van der Waals surface area (Å²) in [6.45, 7) is 9.51. The molecule has 1 heterocycles. The number of benzene rings is 1. The van der Waals surface area contributed by atoms with E-state index in [1.807, 2.05) is 32.1 Å². The molecule has 0 saturated carbocycles. The average molecular weight is 395 g/mol. The van der Waals surface area contributed by atoms with Crippen molar-refractivity contribution in [3.8, 4) is 17.2 Å². The molecule has 6 heteroatoms. The van der Waals surface area contributed by atoms with Crippen molar-refractivity contribution in [2.45, 2.75) is 45.8 Å². The molecule has 0 radical (unpaired) electrons. The Morgan fingerprint density at radius 2 is 1.61 bits per heavy atom. The van der Waals surface area contributed by atoms with Gasteiger partial charge in [-0.2, -0.15) is 0 Å². The molecule has 0 amide bonds. The summed E-state index contributed by atoms with van der Waals surface area (Å²) < 4.78 is 34.1. The van der Waals surface area contributed by atoms with Crippen molar-refractivity contribution in [2.75, 3.05) is 47.3 Å². The van der Waals surface area contributed by atoms with E-state index in [0.29, 0.717) is 44.5 Å². The van der Waals surface area contributed by atoms with Crippen LogP contribution in [0.5, 0.6) is 17.2 Å². The lowest BCUT2D eigenvalue weighted by Crippen LogP contribution is -2.28. The van der Waals surface area contributed by atoms with Gasteiger partial charge in [0.1, 0.15) is 11.4 Å². The first-order valence-corrected chi connectivity index (χ1v) is 9.91. The molecule has 6 nitrogen and oxygen atoms in total. The van der Waals surface area contributed by atoms with Crippen LogP contribution in [0.25, 0.3) is 6.08 Å². The van der Waals surface area contributed by atoms with E-state index in [4.69, 9.17) is 28.4 Å². The van der Waals surface area contributed by atoms with Crippen molar-refractivity contribution in [1.29, 1.82) is 0 Å². The predicted molar refractivity (Wildman–Crippen MR) is 109 cm³/mol. The molecule has 158 valence electrons. The first-order valence-electron chi connectivity index (χ1n) is 9.91. The van der Waals surface area contributed by atoms with Gasteiger partial charge in [-0.15, -0.1) is 0 Å². The van der Waals surface area contributed by atoms with Gasteiger partial charge < -0.3 is 28.4 Å². The van der Waals surface area contributed by atoms with Gasteiger partial charge in [-0.25, -0.2) is 0 Å². The summed E-state index contributed by atoms with van der Waals surface area (Å²) in [6, 6.07) is 1.92. The van der Waals surface area contributed by atoms with Crippen molar-refractivity contribution in [3.63, 3.8) is 0 Å². The summed E-state index contributed by atoms with van der Waals surface area (Å²) in [7, 11) is 3.25. The average Bonchev–Trinajstić information content (AvgIpc) is 2.68. The molecule has 28 heavy (non-hydrogen) atoms. The summed E-state index contributed by atoms with van der Waals surface area (Å²) in [5.74, 6) is 2.07.